The molecule has 2 aliphatic heterocycles. The molecule has 0 aliphatic carbocycles. The fourth-order valence-corrected chi connectivity index (χ4v) is 5.63. The average molecular weight is 636 g/mol. The zero-order chi connectivity index (χ0) is 31.4. The molecule has 0 atom stereocenters. The van der Waals surface area contributed by atoms with Crippen LogP contribution in [0.4, 0.5) is 36.1 Å². The van der Waals surface area contributed by atoms with Crippen molar-refractivity contribution in [1.29, 1.82) is 0 Å². The highest BCUT2D eigenvalue weighted by molar-refractivity contribution is 6.32. The van der Waals surface area contributed by atoms with Crippen molar-refractivity contribution in [3.8, 4) is 5.75 Å². The Kier molecular flexibility index (Phi) is 9.63. The smallest absolute Gasteiger partial charge is 0.418 e. The SMILES string of the molecule is CC(=O)N1CCN(CCCOc2ccc(Nc3ncnc4c3CCN(c3ccc(N(O)O)c(C(F)(F)F)c3)C4)cc2Cl)CC1. The molecule has 1 fully saturated rings. The van der Waals surface area contributed by atoms with Crippen LogP contribution in [0.15, 0.2) is 42.7 Å². The second-order valence-corrected chi connectivity index (χ2v) is 11.0. The minimum Gasteiger partial charge on any atom is -0.492 e. The van der Waals surface area contributed by atoms with E-state index < -0.39 is 22.7 Å². The maximum Gasteiger partial charge on any atom is 0.418 e. The number of hydrogen-bond acceptors (Lipinski definition) is 10. The van der Waals surface area contributed by atoms with Gasteiger partial charge < -0.3 is 19.9 Å². The molecule has 11 nitrogen and oxygen atoms in total. The number of alkyl halides is 3. The molecule has 3 heterocycles. The van der Waals surface area contributed by atoms with Crippen molar-refractivity contribution in [3.63, 3.8) is 0 Å². The molecule has 2 aliphatic rings. The lowest BCUT2D eigenvalue weighted by Crippen LogP contribution is -2.48. The molecular formula is C29H33ClF3N7O4. The third-order valence-corrected chi connectivity index (χ3v) is 8.06. The van der Waals surface area contributed by atoms with Gasteiger partial charge in [0, 0.05) is 63.1 Å². The summed E-state index contributed by atoms with van der Waals surface area (Å²) >= 11 is 6.51. The maximum absolute atomic E-state index is 13.6. The van der Waals surface area contributed by atoms with E-state index in [9.17, 15) is 28.4 Å². The van der Waals surface area contributed by atoms with Crippen LogP contribution in [-0.2, 0) is 23.9 Å². The van der Waals surface area contributed by atoms with Crippen LogP contribution in [0, 0.1) is 0 Å². The molecule has 3 N–H and O–H groups in total. The number of hydrogen-bond donors (Lipinski definition) is 3. The molecule has 3 aromatic rings. The van der Waals surface area contributed by atoms with Gasteiger partial charge in [0.15, 0.2) is 0 Å². The Morgan fingerprint density at radius 1 is 1.09 bits per heavy atom. The molecule has 0 unspecified atom stereocenters. The van der Waals surface area contributed by atoms with Gasteiger partial charge in [0.1, 0.15) is 23.6 Å². The van der Waals surface area contributed by atoms with E-state index in [1.165, 1.54) is 12.4 Å². The molecule has 1 aromatic heterocycles. The van der Waals surface area contributed by atoms with Crippen LogP contribution >= 0.6 is 11.6 Å². The third-order valence-electron chi connectivity index (χ3n) is 7.76. The predicted molar refractivity (Wildman–Crippen MR) is 158 cm³/mol. The number of fused-ring (bicyclic) bond motifs is 1. The van der Waals surface area contributed by atoms with Crippen molar-refractivity contribution < 1.29 is 33.1 Å². The third kappa shape index (κ3) is 7.44. The number of amides is 1. The second kappa shape index (κ2) is 13.4. The van der Waals surface area contributed by atoms with Crippen molar-refractivity contribution >= 4 is 40.4 Å². The maximum atomic E-state index is 13.6. The van der Waals surface area contributed by atoms with Crippen LogP contribution in [0.25, 0.3) is 0 Å². The Labute approximate surface area is 257 Å². The van der Waals surface area contributed by atoms with Crippen LogP contribution in [-0.4, -0.2) is 82.0 Å². The fourth-order valence-electron chi connectivity index (χ4n) is 5.39. The van der Waals surface area contributed by atoms with Crippen LogP contribution in [0.2, 0.25) is 5.02 Å². The minimum absolute atomic E-state index is 0.112. The lowest BCUT2D eigenvalue weighted by Gasteiger charge is -2.34. The van der Waals surface area contributed by atoms with Gasteiger partial charge in [0.25, 0.3) is 0 Å². The number of rotatable bonds is 9. The molecule has 1 amide bonds. The molecular weight excluding hydrogens is 603 g/mol. The summed E-state index contributed by atoms with van der Waals surface area (Å²) in [6.45, 7) is 6.81. The number of piperazine rings is 1. The van der Waals surface area contributed by atoms with E-state index in [1.54, 1.807) is 24.0 Å². The van der Waals surface area contributed by atoms with Crippen molar-refractivity contribution in [3.05, 3.63) is 64.6 Å². The highest BCUT2D eigenvalue weighted by Gasteiger charge is 2.36. The monoisotopic (exact) mass is 635 g/mol. The van der Waals surface area contributed by atoms with Gasteiger partial charge in [-0.05, 0) is 49.2 Å². The van der Waals surface area contributed by atoms with E-state index in [0.717, 1.165) is 56.8 Å². The largest absolute Gasteiger partial charge is 0.492 e. The summed E-state index contributed by atoms with van der Waals surface area (Å²) in [6.07, 6.45) is -2.10. The number of halogens is 4. The Hall–Kier alpha value is -3.85. The van der Waals surface area contributed by atoms with E-state index in [0.29, 0.717) is 47.5 Å². The molecule has 0 saturated carbocycles. The van der Waals surface area contributed by atoms with E-state index in [-0.39, 0.29) is 18.1 Å². The number of nitrogens with one attached hydrogen (secondary N) is 1. The first-order chi connectivity index (χ1) is 21.0. The summed E-state index contributed by atoms with van der Waals surface area (Å²) in [5.41, 5.74) is 0.546. The minimum atomic E-state index is -4.78. The highest BCUT2D eigenvalue weighted by Crippen LogP contribution is 2.39. The van der Waals surface area contributed by atoms with Crippen LogP contribution < -0.4 is 20.2 Å². The number of carbonyl (C=O) groups excluding carboxylic acids is 1. The van der Waals surface area contributed by atoms with Gasteiger partial charge in [-0.1, -0.05) is 11.6 Å². The lowest BCUT2D eigenvalue weighted by atomic mass is 10.0. The zero-order valence-electron chi connectivity index (χ0n) is 24.0. The van der Waals surface area contributed by atoms with Gasteiger partial charge in [-0.2, -0.15) is 13.2 Å². The molecule has 5 rings (SSSR count). The standard InChI is InChI=1S/C29H33ClF3N7O4/c1-19(41)38-12-10-37(11-13-38)8-2-14-44-27-6-3-20(15-24(27)30)36-28-22-7-9-39(17-25(22)34-18-35-28)21-4-5-26(40(42)43)23(16-21)29(31,32)33/h3-6,15-16,18,42-43H,2,7-14,17H2,1H3,(H,34,35,36). The Morgan fingerprint density at radius 2 is 1.86 bits per heavy atom. The summed E-state index contributed by atoms with van der Waals surface area (Å²) in [5.74, 6) is 1.25. The first-order valence-electron chi connectivity index (χ1n) is 14.1. The first kappa shape index (κ1) is 31.6. The Morgan fingerprint density at radius 3 is 2.55 bits per heavy atom. The lowest BCUT2D eigenvalue weighted by molar-refractivity contribution is -0.138. The predicted octanol–water partition coefficient (Wildman–Crippen LogP) is 4.97. The van der Waals surface area contributed by atoms with Gasteiger partial charge in [0.05, 0.1) is 29.4 Å². The molecule has 0 spiro atoms. The molecule has 44 heavy (non-hydrogen) atoms. The van der Waals surface area contributed by atoms with E-state index in [1.807, 2.05) is 11.0 Å². The van der Waals surface area contributed by atoms with Gasteiger partial charge in [-0.15, -0.1) is 5.23 Å². The van der Waals surface area contributed by atoms with Gasteiger partial charge in [0.2, 0.25) is 5.91 Å². The Bertz CT molecular complexity index is 1490. The molecule has 1 saturated heterocycles. The molecule has 15 heteroatoms. The highest BCUT2D eigenvalue weighted by atomic mass is 35.5. The summed E-state index contributed by atoms with van der Waals surface area (Å²) in [5, 5.41) is 21.6. The topological polar surface area (TPSA) is 118 Å². The summed E-state index contributed by atoms with van der Waals surface area (Å²) in [4.78, 5) is 26.1. The first-order valence-corrected chi connectivity index (χ1v) is 14.5. The number of carbonyl (C=O) groups is 1. The number of aromatic nitrogens is 2. The van der Waals surface area contributed by atoms with Gasteiger partial charge in [-0.3, -0.25) is 20.1 Å². The van der Waals surface area contributed by atoms with Gasteiger partial charge >= 0.3 is 6.18 Å². The molecule has 2 aromatic carbocycles. The number of ether oxygens (including phenoxy) is 1. The quantitative estimate of drug-likeness (QED) is 0.220. The zero-order valence-corrected chi connectivity index (χ0v) is 24.8. The molecule has 236 valence electrons. The van der Waals surface area contributed by atoms with Crippen molar-refractivity contribution in [2.75, 3.05) is 61.3 Å². The van der Waals surface area contributed by atoms with E-state index in [4.69, 9.17) is 16.3 Å². The Balaban J connectivity index is 1.18. The fraction of sp³-hybridized carbons (Fsp3) is 0.414. The van der Waals surface area contributed by atoms with Crippen molar-refractivity contribution in [1.82, 2.24) is 19.8 Å². The average Bonchev–Trinajstić information content (AvgIpc) is 2.99. The number of benzene rings is 2. The summed E-state index contributed by atoms with van der Waals surface area (Å²) < 4.78 is 46.6. The van der Waals surface area contributed by atoms with Crippen molar-refractivity contribution in [2.24, 2.45) is 0 Å². The normalized spacial score (nSPS) is 15.6. The number of anilines is 4. The van der Waals surface area contributed by atoms with Crippen LogP contribution in [0.5, 0.6) is 5.75 Å². The van der Waals surface area contributed by atoms with E-state index in [2.05, 4.69) is 20.2 Å². The van der Waals surface area contributed by atoms with Gasteiger partial charge in [-0.25, -0.2) is 9.97 Å². The number of nitrogens with zero attached hydrogens (tertiary/aromatic N) is 6. The van der Waals surface area contributed by atoms with E-state index >= 15 is 0 Å². The summed E-state index contributed by atoms with van der Waals surface area (Å²) in [6, 6.07) is 8.66. The molecule has 0 bridgehead atoms. The summed E-state index contributed by atoms with van der Waals surface area (Å²) in [7, 11) is 0. The van der Waals surface area contributed by atoms with Crippen LogP contribution in [0.3, 0.4) is 0 Å². The second-order valence-electron chi connectivity index (χ2n) is 10.6. The van der Waals surface area contributed by atoms with Crippen LogP contribution in [0.1, 0.15) is 30.2 Å². The molecule has 0 radical (unpaired) electrons. The van der Waals surface area contributed by atoms with Crippen molar-refractivity contribution in [2.45, 2.75) is 32.5 Å².